The van der Waals surface area contributed by atoms with Crippen LogP contribution in [0.1, 0.15) is 10.6 Å². The second-order valence-electron chi connectivity index (χ2n) is 1.44. The molecule has 0 radical (unpaired) electrons. The van der Waals surface area contributed by atoms with Crippen LogP contribution in [0.2, 0.25) is 0 Å². The van der Waals surface area contributed by atoms with E-state index >= 15 is 0 Å². The van der Waals surface area contributed by atoms with Crippen molar-refractivity contribution >= 4 is 18.3 Å². The molecule has 0 saturated carbocycles. The number of rotatable bonds is 1. The highest BCUT2D eigenvalue weighted by Crippen LogP contribution is 1.82. The van der Waals surface area contributed by atoms with Gasteiger partial charge < -0.3 is 5.73 Å². The van der Waals surface area contributed by atoms with Gasteiger partial charge in [0.15, 0.2) is 0 Å². The smallest absolute Gasteiger partial charge is 0.286 e. The molecule has 0 spiro atoms. The van der Waals surface area contributed by atoms with Crippen molar-refractivity contribution in [3.63, 3.8) is 0 Å². The number of aromatic nitrogens is 2. The number of halogens is 1. The fourth-order valence-corrected chi connectivity index (χ4v) is 0.426. The molecule has 1 aromatic heterocycles. The minimum absolute atomic E-state index is 0. The van der Waals surface area contributed by atoms with Gasteiger partial charge in [-0.15, -0.1) is 12.4 Å². The van der Waals surface area contributed by atoms with Crippen LogP contribution in [0.3, 0.4) is 0 Å². The van der Waals surface area contributed by atoms with Gasteiger partial charge in [0.1, 0.15) is 0 Å². The highest BCUT2D eigenvalue weighted by atomic mass is 35.5. The number of nitrogens with two attached hydrogens (primary N) is 1. The van der Waals surface area contributed by atoms with Crippen molar-refractivity contribution in [2.24, 2.45) is 5.73 Å². The Morgan fingerprint density at radius 3 is 2.20 bits per heavy atom. The highest BCUT2D eigenvalue weighted by molar-refractivity contribution is 5.88. The van der Waals surface area contributed by atoms with Crippen LogP contribution in [-0.4, -0.2) is 15.9 Å². The van der Waals surface area contributed by atoms with E-state index in [1.54, 1.807) is 6.07 Å². The molecule has 1 heterocycles. The summed E-state index contributed by atoms with van der Waals surface area (Å²) in [4.78, 5) is 17.5. The van der Waals surface area contributed by atoms with E-state index in [1.807, 2.05) is 0 Å². The summed E-state index contributed by atoms with van der Waals surface area (Å²) >= 11 is 0. The summed E-state index contributed by atoms with van der Waals surface area (Å²) in [5, 5.41) is 0. The number of carbonyl (C=O) groups excluding carboxylic acids is 1. The average molecular weight is 160 g/mol. The second-order valence-corrected chi connectivity index (χ2v) is 1.44. The van der Waals surface area contributed by atoms with Crippen LogP contribution in [-0.2, 0) is 0 Å². The third kappa shape index (κ3) is 1.99. The Hall–Kier alpha value is -1.16. The zero-order chi connectivity index (χ0) is 6.69. The first-order valence-corrected chi connectivity index (χ1v) is 2.37. The van der Waals surface area contributed by atoms with Gasteiger partial charge in [0.25, 0.3) is 5.91 Å². The Morgan fingerprint density at radius 1 is 1.40 bits per heavy atom. The monoisotopic (exact) mass is 159 g/mol. The molecular weight excluding hydrogens is 154 g/mol. The van der Waals surface area contributed by atoms with Gasteiger partial charge in [0, 0.05) is 12.4 Å². The lowest BCUT2D eigenvalue weighted by Crippen LogP contribution is -2.14. The Balaban J connectivity index is 0.000000810. The fourth-order valence-electron chi connectivity index (χ4n) is 0.426. The number of primary amides is 1. The normalized spacial score (nSPS) is 8.00. The van der Waals surface area contributed by atoms with Gasteiger partial charge in [-0.1, -0.05) is 0 Å². The molecule has 0 aromatic carbocycles. The molecule has 54 valence electrons. The van der Waals surface area contributed by atoms with Crippen LogP contribution in [0.4, 0.5) is 0 Å². The van der Waals surface area contributed by atoms with E-state index in [-0.39, 0.29) is 18.2 Å². The van der Waals surface area contributed by atoms with Crippen LogP contribution in [0.25, 0.3) is 0 Å². The Bertz CT molecular complexity index is 213. The predicted octanol–water partition coefficient (Wildman–Crippen LogP) is -0.00270. The first-order chi connectivity index (χ1) is 4.30. The van der Waals surface area contributed by atoms with E-state index in [0.29, 0.717) is 0 Å². The third-order valence-corrected chi connectivity index (χ3v) is 0.786. The van der Waals surface area contributed by atoms with Gasteiger partial charge >= 0.3 is 0 Å². The fraction of sp³-hybridized carbons (Fsp3) is 0. The molecule has 2 N–H and O–H groups in total. The predicted molar refractivity (Wildman–Crippen MR) is 37.8 cm³/mol. The summed E-state index contributed by atoms with van der Waals surface area (Å²) in [5.41, 5.74) is 4.85. The van der Waals surface area contributed by atoms with Crippen molar-refractivity contribution in [2.75, 3.05) is 0 Å². The topological polar surface area (TPSA) is 68.9 Å². The molecule has 0 atom stereocenters. The van der Waals surface area contributed by atoms with Gasteiger partial charge in [0.2, 0.25) is 5.82 Å². The lowest BCUT2D eigenvalue weighted by atomic mass is 10.5. The van der Waals surface area contributed by atoms with E-state index in [0.717, 1.165) is 0 Å². The molecule has 0 aliphatic rings. The summed E-state index contributed by atoms with van der Waals surface area (Å²) in [5.74, 6) is -0.548. The van der Waals surface area contributed by atoms with Crippen LogP contribution in [0.15, 0.2) is 18.5 Å². The summed E-state index contributed by atoms with van der Waals surface area (Å²) in [6.45, 7) is 0. The summed E-state index contributed by atoms with van der Waals surface area (Å²) in [6.07, 6.45) is 2.93. The van der Waals surface area contributed by atoms with Gasteiger partial charge in [-0.2, -0.15) is 0 Å². The molecule has 4 nitrogen and oxygen atoms in total. The van der Waals surface area contributed by atoms with E-state index < -0.39 is 5.91 Å². The lowest BCUT2D eigenvalue weighted by Gasteiger charge is -1.87. The SMILES string of the molecule is Cl.NC(=O)c1ncccn1. The summed E-state index contributed by atoms with van der Waals surface area (Å²) in [7, 11) is 0. The average Bonchev–Trinajstić information content (AvgIpc) is 1.90. The van der Waals surface area contributed by atoms with Gasteiger partial charge in [-0.25, -0.2) is 9.97 Å². The first kappa shape index (κ1) is 8.84. The van der Waals surface area contributed by atoms with Crippen LogP contribution >= 0.6 is 12.4 Å². The van der Waals surface area contributed by atoms with Crippen molar-refractivity contribution in [1.29, 1.82) is 0 Å². The number of hydrogen-bond acceptors (Lipinski definition) is 3. The standard InChI is InChI=1S/C5H5N3O.ClH/c6-4(9)5-7-2-1-3-8-5;/h1-3H,(H2,6,9);1H. The quantitative estimate of drug-likeness (QED) is 0.627. The van der Waals surface area contributed by atoms with Crippen LogP contribution in [0.5, 0.6) is 0 Å². The number of amides is 1. The summed E-state index contributed by atoms with van der Waals surface area (Å²) in [6, 6.07) is 1.62. The van der Waals surface area contributed by atoms with Crippen molar-refractivity contribution in [1.82, 2.24) is 9.97 Å². The molecule has 10 heavy (non-hydrogen) atoms. The van der Waals surface area contributed by atoms with Gasteiger partial charge in [0.05, 0.1) is 0 Å². The van der Waals surface area contributed by atoms with E-state index in [2.05, 4.69) is 9.97 Å². The third-order valence-electron chi connectivity index (χ3n) is 0.786. The number of nitrogens with zero attached hydrogens (tertiary/aromatic N) is 2. The molecule has 5 heteroatoms. The molecule has 0 aliphatic carbocycles. The minimum Gasteiger partial charge on any atom is -0.363 e. The Morgan fingerprint density at radius 2 is 1.90 bits per heavy atom. The first-order valence-electron chi connectivity index (χ1n) is 2.37. The van der Waals surface area contributed by atoms with Gasteiger partial charge in [-0.3, -0.25) is 4.79 Å². The molecule has 0 bridgehead atoms. The summed E-state index contributed by atoms with van der Waals surface area (Å²) < 4.78 is 0. The van der Waals surface area contributed by atoms with Crippen LogP contribution in [0, 0.1) is 0 Å². The maximum Gasteiger partial charge on any atom is 0.286 e. The molecule has 0 unspecified atom stereocenters. The second kappa shape index (κ2) is 3.79. The molecule has 1 aromatic rings. The largest absolute Gasteiger partial charge is 0.363 e. The molecule has 0 aliphatic heterocycles. The van der Waals surface area contributed by atoms with E-state index in [9.17, 15) is 4.79 Å². The van der Waals surface area contributed by atoms with Crippen LogP contribution < -0.4 is 5.73 Å². The Labute approximate surface area is 63.9 Å². The highest BCUT2D eigenvalue weighted by Gasteiger charge is 1.98. The van der Waals surface area contributed by atoms with E-state index in [4.69, 9.17) is 5.73 Å². The molecule has 0 saturated heterocycles. The zero-order valence-corrected chi connectivity index (χ0v) is 5.84. The number of hydrogen-bond donors (Lipinski definition) is 1. The molecule has 1 rings (SSSR count). The van der Waals surface area contributed by atoms with Gasteiger partial charge in [-0.05, 0) is 6.07 Å². The Kier molecular flexibility index (Phi) is 3.35. The van der Waals surface area contributed by atoms with Crippen molar-refractivity contribution < 1.29 is 4.79 Å². The van der Waals surface area contributed by atoms with Crippen molar-refractivity contribution in [2.45, 2.75) is 0 Å². The minimum atomic E-state index is -0.601. The van der Waals surface area contributed by atoms with E-state index in [1.165, 1.54) is 12.4 Å². The van der Waals surface area contributed by atoms with Crippen molar-refractivity contribution in [3.8, 4) is 0 Å². The van der Waals surface area contributed by atoms with Crippen molar-refractivity contribution in [3.05, 3.63) is 24.3 Å². The maximum absolute atomic E-state index is 10.3. The maximum atomic E-state index is 10.3. The number of carbonyl (C=O) groups is 1. The molecule has 0 fully saturated rings. The zero-order valence-electron chi connectivity index (χ0n) is 5.02. The lowest BCUT2D eigenvalue weighted by molar-refractivity contribution is 0.0990. The molecule has 1 amide bonds. The molecular formula is C5H6ClN3O.